The molecule has 0 bridgehead atoms. The summed E-state index contributed by atoms with van der Waals surface area (Å²) in [7, 11) is 1.75. The Hall–Kier alpha value is -0.0600. The molecule has 0 aliphatic carbocycles. The number of nitrogens with zero attached hydrogens (tertiary/aromatic N) is 1. The molecule has 0 saturated heterocycles. The zero-order valence-corrected chi connectivity index (χ0v) is 7.81. The van der Waals surface area contributed by atoms with Crippen LogP contribution in [0.5, 0.6) is 0 Å². The molecule has 0 spiro atoms. The zero-order chi connectivity index (χ0) is 7.44. The molecule has 3 heteroatoms. The van der Waals surface area contributed by atoms with Gasteiger partial charge in [0.05, 0.1) is 4.55 Å². The van der Waals surface area contributed by atoms with Crippen molar-refractivity contribution >= 4 is 28.5 Å². The van der Waals surface area contributed by atoms with E-state index in [1.807, 2.05) is 0 Å². The van der Waals surface area contributed by atoms with Gasteiger partial charge in [0.2, 0.25) is 5.91 Å². The molecule has 0 aromatic carbocycles. The van der Waals surface area contributed by atoms with Crippen LogP contribution < -0.4 is 0 Å². The lowest BCUT2D eigenvalue weighted by Crippen LogP contribution is -2.25. The number of amides is 1. The molecule has 52 valence electrons. The van der Waals surface area contributed by atoms with E-state index in [9.17, 15) is 4.79 Å². The van der Waals surface area contributed by atoms with Crippen molar-refractivity contribution in [2.45, 2.75) is 6.92 Å². The van der Waals surface area contributed by atoms with Crippen LogP contribution >= 0.6 is 22.6 Å². The largest absolute Gasteiger partial charge is 0.333 e. The van der Waals surface area contributed by atoms with Crippen molar-refractivity contribution in [2.75, 3.05) is 11.6 Å². The predicted molar refractivity (Wildman–Crippen MR) is 46.5 cm³/mol. The molecule has 0 N–H and O–H groups in total. The highest BCUT2D eigenvalue weighted by atomic mass is 127. The minimum Gasteiger partial charge on any atom is -0.333 e. The van der Waals surface area contributed by atoms with Crippen molar-refractivity contribution in [3.63, 3.8) is 0 Å². The summed E-state index contributed by atoms with van der Waals surface area (Å²) in [6.07, 6.45) is 0. The molecule has 0 aromatic rings. The van der Waals surface area contributed by atoms with Gasteiger partial charge in [0.25, 0.3) is 0 Å². The van der Waals surface area contributed by atoms with Crippen LogP contribution in [0.4, 0.5) is 0 Å². The number of hydrogen-bond donors (Lipinski definition) is 0. The molecule has 9 heavy (non-hydrogen) atoms. The molecule has 0 unspecified atom stereocenters. The van der Waals surface area contributed by atoms with Crippen LogP contribution in [-0.2, 0) is 4.79 Å². The fourth-order valence-electron chi connectivity index (χ4n) is 0.380. The predicted octanol–water partition coefficient (Wildman–Crippen LogP) is 1.41. The first-order valence-corrected chi connectivity index (χ1v) is 4.09. The smallest absolute Gasteiger partial charge is 0.249 e. The van der Waals surface area contributed by atoms with E-state index in [0.717, 1.165) is 0 Å². The molecule has 2 nitrogen and oxygen atoms in total. The number of likely N-dealkylation sites (N-methyl/N-ethyl adjacent to an activating group) is 1. The Morgan fingerprint density at radius 2 is 2.22 bits per heavy atom. The highest BCUT2D eigenvalue weighted by molar-refractivity contribution is 14.1. The fourth-order valence-corrected chi connectivity index (χ4v) is 0.690. The van der Waals surface area contributed by atoms with Crippen molar-refractivity contribution in [3.05, 3.63) is 12.2 Å². The maximum absolute atomic E-state index is 10.9. The standard InChI is InChI=1S/C6H10INO/c1-5(2)6(9)8(3)4-7/h1,4H2,2-3H3. The van der Waals surface area contributed by atoms with E-state index in [0.29, 0.717) is 10.1 Å². The molecule has 0 radical (unpaired) electrons. The minimum atomic E-state index is 0.0180. The van der Waals surface area contributed by atoms with E-state index in [4.69, 9.17) is 0 Å². The average Bonchev–Trinajstić information content (AvgIpc) is 1.84. The third-order valence-electron chi connectivity index (χ3n) is 0.891. The van der Waals surface area contributed by atoms with Crippen molar-refractivity contribution in [2.24, 2.45) is 0 Å². The minimum absolute atomic E-state index is 0.0180. The number of rotatable bonds is 2. The molecule has 0 fully saturated rings. The Labute approximate surface area is 69.1 Å². The van der Waals surface area contributed by atoms with Crippen LogP contribution in [0.1, 0.15) is 6.92 Å². The van der Waals surface area contributed by atoms with Gasteiger partial charge in [-0.15, -0.1) is 0 Å². The Balaban J connectivity index is 3.88. The Bertz CT molecular complexity index is 133. The lowest BCUT2D eigenvalue weighted by atomic mass is 10.3. The van der Waals surface area contributed by atoms with Crippen LogP contribution in [0.3, 0.4) is 0 Å². The summed E-state index contributed by atoms with van der Waals surface area (Å²) in [5.74, 6) is 0.0180. The van der Waals surface area contributed by atoms with Crippen LogP contribution in [0, 0.1) is 0 Å². The van der Waals surface area contributed by atoms with Gasteiger partial charge < -0.3 is 4.90 Å². The normalized spacial score (nSPS) is 8.78. The van der Waals surface area contributed by atoms with Crippen molar-refractivity contribution in [1.29, 1.82) is 0 Å². The second-order valence-electron chi connectivity index (χ2n) is 1.90. The zero-order valence-electron chi connectivity index (χ0n) is 5.65. The third kappa shape index (κ3) is 2.84. The molecule has 1 amide bonds. The highest BCUT2D eigenvalue weighted by Crippen LogP contribution is 1.97. The van der Waals surface area contributed by atoms with Gasteiger partial charge in [0.15, 0.2) is 0 Å². The third-order valence-corrected chi connectivity index (χ3v) is 1.91. The number of carbonyl (C=O) groups excluding carboxylic acids is 1. The van der Waals surface area contributed by atoms with Gasteiger partial charge in [-0.3, -0.25) is 4.79 Å². The lowest BCUT2D eigenvalue weighted by Gasteiger charge is -2.12. The maximum Gasteiger partial charge on any atom is 0.249 e. The highest BCUT2D eigenvalue weighted by Gasteiger charge is 2.05. The number of halogens is 1. The van der Waals surface area contributed by atoms with Crippen LogP contribution in [0.2, 0.25) is 0 Å². The van der Waals surface area contributed by atoms with Crippen molar-refractivity contribution in [1.82, 2.24) is 4.90 Å². The van der Waals surface area contributed by atoms with Gasteiger partial charge in [-0.2, -0.15) is 0 Å². The maximum atomic E-state index is 10.9. The van der Waals surface area contributed by atoms with E-state index < -0.39 is 0 Å². The van der Waals surface area contributed by atoms with E-state index >= 15 is 0 Å². The summed E-state index contributed by atoms with van der Waals surface area (Å²) in [5.41, 5.74) is 0.592. The van der Waals surface area contributed by atoms with Gasteiger partial charge in [-0.25, -0.2) is 0 Å². The van der Waals surface area contributed by atoms with Crippen LogP contribution in [0.25, 0.3) is 0 Å². The van der Waals surface area contributed by atoms with Gasteiger partial charge in [-0.1, -0.05) is 29.2 Å². The van der Waals surface area contributed by atoms with E-state index in [-0.39, 0.29) is 5.91 Å². The van der Waals surface area contributed by atoms with Gasteiger partial charge >= 0.3 is 0 Å². The summed E-state index contributed by atoms with van der Waals surface area (Å²) >= 11 is 2.13. The van der Waals surface area contributed by atoms with Crippen LogP contribution in [-0.4, -0.2) is 22.4 Å². The number of carbonyl (C=O) groups is 1. The second-order valence-corrected chi connectivity index (χ2v) is 2.59. The molecular weight excluding hydrogens is 229 g/mol. The number of alkyl halides is 1. The fraction of sp³-hybridized carbons (Fsp3) is 0.500. The van der Waals surface area contributed by atoms with Gasteiger partial charge in [0, 0.05) is 12.6 Å². The SMILES string of the molecule is C=C(C)C(=O)N(C)CI. The van der Waals surface area contributed by atoms with Crippen molar-refractivity contribution < 1.29 is 4.79 Å². The second kappa shape index (κ2) is 3.87. The lowest BCUT2D eigenvalue weighted by molar-refractivity contribution is -0.124. The summed E-state index contributed by atoms with van der Waals surface area (Å²) < 4.78 is 0.712. The average molecular weight is 239 g/mol. The first-order chi connectivity index (χ1) is 4.09. The summed E-state index contributed by atoms with van der Waals surface area (Å²) in [5, 5.41) is 0. The van der Waals surface area contributed by atoms with Crippen LogP contribution in [0.15, 0.2) is 12.2 Å². The monoisotopic (exact) mass is 239 g/mol. The van der Waals surface area contributed by atoms with E-state index in [1.165, 1.54) is 0 Å². The summed E-state index contributed by atoms with van der Waals surface area (Å²) in [6, 6.07) is 0. The Morgan fingerprint density at radius 3 is 2.33 bits per heavy atom. The quantitative estimate of drug-likeness (QED) is 0.309. The molecule has 0 heterocycles. The molecule has 0 aliphatic rings. The first-order valence-electron chi connectivity index (χ1n) is 2.56. The van der Waals surface area contributed by atoms with Gasteiger partial charge in [0.1, 0.15) is 0 Å². The summed E-state index contributed by atoms with van der Waals surface area (Å²) in [6.45, 7) is 5.24. The summed E-state index contributed by atoms with van der Waals surface area (Å²) in [4.78, 5) is 12.5. The molecule has 0 rings (SSSR count). The first kappa shape index (κ1) is 8.94. The van der Waals surface area contributed by atoms with Gasteiger partial charge in [-0.05, 0) is 6.92 Å². The molecule has 0 saturated carbocycles. The number of hydrogen-bond acceptors (Lipinski definition) is 1. The topological polar surface area (TPSA) is 20.3 Å². The van der Waals surface area contributed by atoms with Crippen molar-refractivity contribution in [3.8, 4) is 0 Å². The molecule has 0 aromatic heterocycles. The molecule has 0 aliphatic heterocycles. The van der Waals surface area contributed by atoms with E-state index in [2.05, 4.69) is 29.2 Å². The Kier molecular flexibility index (Phi) is 3.84. The molecule has 0 atom stereocenters. The molecular formula is C6H10INO. The van der Waals surface area contributed by atoms with E-state index in [1.54, 1.807) is 18.9 Å². The Morgan fingerprint density at radius 1 is 1.78 bits per heavy atom.